The maximum absolute atomic E-state index is 5.39. The second kappa shape index (κ2) is 6.19. The van der Waals surface area contributed by atoms with Crippen LogP contribution in [0.5, 0.6) is 0 Å². The molecule has 0 spiro atoms. The Balaban J connectivity index is 1.48. The van der Waals surface area contributed by atoms with Crippen LogP contribution in [0, 0.1) is 11.8 Å². The molecule has 0 radical (unpaired) electrons. The Hall–Kier alpha value is -0.0800. The van der Waals surface area contributed by atoms with Gasteiger partial charge < -0.3 is 10.1 Å². The summed E-state index contributed by atoms with van der Waals surface area (Å²) in [6.45, 7) is 7.92. The van der Waals surface area contributed by atoms with Crippen molar-refractivity contribution in [1.82, 2.24) is 5.32 Å². The van der Waals surface area contributed by atoms with Gasteiger partial charge in [0.1, 0.15) is 0 Å². The van der Waals surface area contributed by atoms with E-state index in [4.69, 9.17) is 4.74 Å². The summed E-state index contributed by atoms with van der Waals surface area (Å²) in [7, 11) is 0. The van der Waals surface area contributed by atoms with Gasteiger partial charge in [-0.15, -0.1) is 0 Å². The molecule has 0 unspecified atom stereocenters. The fraction of sp³-hybridized carbons (Fsp3) is 1.00. The average molecular weight is 239 g/mol. The van der Waals surface area contributed by atoms with E-state index in [-0.39, 0.29) is 0 Å². The second-order valence-corrected chi connectivity index (χ2v) is 6.47. The molecule has 2 aliphatic rings. The van der Waals surface area contributed by atoms with Crippen LogP contribution in [0.1, 0.15) is 58.8 Å². The van der Waals surface area contributed by atoms with E-state index >= 15 is 0 Å². The van der Waals surface area contributed by atoms with Crippen molar-refractivity contribution in [2.75, 3.05) is 19.8 Å². The molecule has 0 aromatic heterocycles. The number of unbranched alkanes of at least 4 members (excludes halogenated alkanes) is 1. The van der Waals surface area contributed by atoms with Gasteiger partial charge in [-0.1, -0.05) is 12.8 Å². The van der Waals surface area contributed by atoms with Crippen LogP contribution in [0.3, 0.4) is 0 Å². The van der Waals surface area contributed by atoms with Crippen LogP contribution in [0.4, 0.5) is 0 Å². The SMILES string of the molecule is CC(C)(NCCCCC1CCOCC1)C1CC1. The summed E-state index contributed by atoms with van der Waals surface area (Å²) in [5.41, 5.74) is 0.388. The maximum atomic E-state index is 5.39. The van der Waals surface area contributed by atoms with Crippen molar-refractivity contribution in [2.45, 2.75) is 64.3 Å². The Bertz CT molecular complexity index is 217. The standard InChI is InChI=1S/C15H29NO/c1-15(2,14-6-7-14)16-10-4-3-5-13-8-11-17-12-9-13/h13-14,16H,3-12H2,1-2H3. The third-order valence-electron chi connectivity index (χ3n) is 4.56. The van der Waals surface area contributed by atoms with E-state index in [0.717, 1.165) is 25.0 Å². The lowest BCUT2D eigenvalue weighted by molar-refractivity contribution is 0.0631. The second-order valence-electron chi connectivity index (χ2n) is 6.47. The summed E-state index contributed by atoms with van der Waals surface area (Å²) in [4.78, 5) is 0. The van der Waals surface area contributed by atoms with Crippen molar-refractivity contribution in [2.24, 2.45) is 11.8 Å². The Morgan fingerprint density at radius 1 is 1.06 bits per heavy atom. The van der Waals surface area contributed by atoms with Crippen molar-refractivity contribution < 1.29 is 4.74 Å². The number of hydrogen-bond acceptors (Lipinski definition) is 2. The van der Waals surface area contributed by atoms with Crippen LogP contribution in [0.25, 0.3) is 0 Å². The minimum Gasteiger partial charge on any atom is -0.381 e. The molecule has 1 heterocycles. The maximum Gasteiger partial charge on any atom is 0.0468 e. The van der Waals surface area contributed by atoms with E-state index in [9.17, 15) is 0 Å². The molecule has 0 bridgehead atoms. The molecular formula is C15H29NO. The molecule has 2 nitrogen and oxygen atoms in total. The monoisotopic (exact) mass is 239 g/mol. The van der Waals surface area contributed by atoms with E-state index < -0.39 is 0 Å². The number of rotatable bonds is 7. The van der Waals surface area contributed by atoms with Crippen LogP contribution >= 0.6 is 0 Å². The van der Waals surface area contributed by atoms with Crippen molar-refractivity contribution >= 4 is 0 Å². The molecule has 1 saturated carbocycles. The molecule has 1 aliphatic heterocycles. The lowest BCUT2D eigenvalue weighted by Crippen LogP contribution is -2.41. The van der Waals surface area contributed by atoms with Crippen molar-refractivity contribution in [3.8, 4) is 0 Å². The van der Waals surface area contributed by atoms with Gasteiger partial charge in [-0.05, 0) is 64.3 Å². The van der Waals surface area contributed by atoms with Gasteiger partial charge in [-0.25, -0.2) is 0 Å². The summed E-state index contributed by atoms with van der Waals surface area (Å²) in [5.74, 6) is 1.89. The van der Waals surface area contributed by atoms with Gasteiger partial charge in [0.25, 0.3) is 0 Å². The smallest absolute Gasteiger partial charge is 0.0468 e. The zero-order valence-electron chi connectivity index (χ0n) is 11.6. The molecule has 100 valence electrons. The zero-order chi connectivity index (χ0) is 12.1. The normalized spacial score (nSPS) is 22.9. The highest BCUT2D eigenvalue weighted by molar-refractivity contribution is 4.94. The molecule has 0 aromatic rings. The van der Waals surface area contributed by atoms with Gasteiger partial charge in [0, 0.05) is 18.8 Å². The van der Waals surface area contributed by atoms with E-state index in [1.807, 2.05) is 0 Å². The molecular weight excluding hydrogens is 210 g/mol. The minimum absolute atomic E-state index is 0.388. The predicted octanol–water partition coefficient (Wildman–Crippen LogP) is 3.36. The first-order valence-corrected chi connectivity index (χ1v) is 7.51. The van der Waals surface area contributed by atoms with Crippen molar-refractivity contribution in [3.63, 3.8) is 0 Å². The summed E-state index contributed by atoms with van der Waals surface area (Å²) in [6, 6.07) is 0. The van der Waals surface area contributed by atoms with Gasteiger partial charge in [0.05, 0.1) is 0 Å². The number of nitrogens with one attached hydrogen (secondary N) is 1. The van der Waals surface area contributed by atoms with E-state index in [2.05, 4.69) is 19.2 Å². The molecule has 0 atom stereocenters. The fourth-order valence-electron chi connectivity index (χ4n) is 2.95. The topological polar surface area (TPSA) is 21.3 Å². The minimum atomic E-state index is 0.388. The van der Waals surface area contributed by atoms with E-state index in [1.54, 1.807) is 0 Å². The summed E-state index contributed by atoms with van der Waals surface area (Å²) in [6.07, 6.45) is 9.59. The van der Waals surface area contributed by atoms with Crippen molar-refractivity contribution in [3.05, 3.63) is 0 Å². The van der Waals surface area contributed by atoms with Gasteiger partial charge in [0.2, 0.25) is 0 Å². The summed E-state index contributed by atoms with van der Waals surface area (Å²) >= 11 is 0. The van der Waals surface area contributed by atoms with Crippen LogP contribution in [-0.4, -0.2) is 25.3 Å². The molecule has 1 aliphatic carbocycles. The van der Waals surface area contributed by atoms with Crippen LogP contribution in [0.2, 0.25) is 0 Å². The molecule has 2 heteroatoms. The highest BCUT2D eigenvalue weighted by Crippen LogP contribution is 2.39. The van der Waals surface area contributed by atoms with Gasteiger partial charge in [0.15, 0.2) is 0 Å². The lowest BCUT2D eigenvalue weighted by atomic mass is 9.94. The molecule has 1 N–H and O–H groups in total. The van der Waals surface area contributed by atoms with Crippen molar-refractivity contribution in [1.29, 1.82) is 0 Å². The number of ether oxygens (including phenoxy) is 1. The summed E-state index contributed by atoms with van der Waals surface area (Å²) in [5, 5.41) is 3.73. The molecule has 1 saturated heterocycles. The fourth-order valence-corrected chi connectivity index (χ4v) is 2.95. The van der Waals surface area contributed by atoms with Crippen LogP contribution in [0.15, 0.2) is 0 Å². The molecule has 0 amide bonds. The first kappa shape index (κ1) is 13.4. The lowest BCUT2D eigenvalue weighted by Gasteiger charge is -2.26. The first-order valence-electron chi connectivity index (χ1n) is 7.51. The molecule has 0 aromatic carbocycles. The predicted molar refractivity (Wildman–Crippen MR) is 72.2 cm³/mol. The molecule has 2 rings (SSSR count). The third kappa shape index (κ3) is 4.59. The Kier molecular flexibility index (Phi) is 4.87. The summed E-state index contributed by atoms with van der Waals surface area (Å²) < 4.78 is 5.39. The van der Waals surface area contributed by atoms with Gasteiger partial charge in [-0.3, -0.25) is 0 Å². The largest absolute Gasteiger partial charge is 0.381 e. The molecule has 2 fully saturated rings. The Labute approximate surface area is 107 Å². The van der Waals surface area contributed by atoms with Gasteiger partial charge in [-0.2, -0.15) is 0 Å². The Morgan fingerprint density at radius 3 is 2.41 bits per heavy atom. The third-order valence-corrected chi connectivity index (χ3v) is 4.56. The quantitative estimate of drug-likeness (QED) is 0.688. The highest BCUT2D eigenvalue weighted by Gasteiger charge is 2.36. The van der Waals surface area contributed by atoms with Crippen LogP contribution in [-0.2, 0) is 4.74 Å². The average Bonchev–Trinajstić information content (AvgIpc) is 3.14. The molecule has 17 heavy (non-hydrogen) atoms. The Morgan fingerprint density at radius 2 is 1.76 bits per heavy atom. The highest BCUT2D eigenvalue weighted by atomic mass is 16.5. The number of hydrogen-bond donors (Lipinski definition) is 1. The van der Waals surface area contributed by atoms with Gasteiger partial charge >= 0.3 is 0 Å². The van der Waals surface area contributed by atoms with E-state index in [1.165, 1.54) is 51.5 Å². The van der Waals surface area contributed by atoms with Crippen LogP contribution < -0.4 is 5.32 Å². The van der Waals surface area contributed by atoms with E-state index in [0.29, 0.717) is 5.54 Å². The first-order chi connectivity index (χ1) is 8.18. The zero-order valence-corrected chi connectivity index (χ0v) is 11.6.